The number of amides is 2. The summed E-state index contributed by atoms with van der Waals surface area (Å²) < 4.78 is 46.3. The molecule has 0 spiro atoms. The van der Waals surface area contributed by atoms with E-state index in [1.165, 1.54) is 16.9 Å². The monoisotopic (exact) mass is 277 g/mol. The molecule has 0 bridgehead atoms. The number of aryl methyl sites for hydroxylation is 1. The van der Waals surface area contributed by atoms with E-state index in [1.807, 2.05) is 0 Å². The number of nitrogens with one attached hydrogen (secondary N) is 2. The number of hydrogen-bond acceptors (Lipinski definition) is 5. The molecule has 0 aliphatic heterocycles. The minimum atomic E-state index is -4.06. The summed E-state index contributed by atoms with van der Waals surface area (Å²) in [6.45, 7) is 1.77. The van der Waals surface area contributed by atoms with Crippen LogP contribution in [0.4, 0.5) is 4.79 Å². The molecule has 7 nitrogen and oxygen atoms in total. The first kappa shape index (κ1) is 13.6. The molecule has 0 aromatic heterocycles. The number of benzene rings is 1. The van der Waals surface area contributed by atoms with Gasteiger partial charge in [0.1, 0.15) is 0 Å². The Bertz CT molecular complexity index is 538. The first-order valence-electron chi connectivity index (χ1n) is 4.30. The minimum absolute atomic E-state index is 0.130. The molecule has 1 aromatic carbocycles. The van der Waals surface area contributed by atoms with Gasteiger partial charge in [-0.3, -0.25) is 8.93 Å². The van der Waals surface area contributed by atoms with Crippen molar-refractivity contribution < 1.29 is 22.0 Å². The standard InChI is InChI=1S/C8H10N2O5S2/c1-6-2-4-7(5-3-6)17(14,15)10-8(11)9-16(12)13/h2-5H,1H3,(H,12,13)(H2,9,10,11)/p-1. The molecule has 2 N–H and O–H groups in total. The lowest BCUT2D eigenvalue weighted by atomic mass is 10.2. The van der Waals surface area contributed by atoms with Gasteiger partial charge in [0, 0.05) is 11.3 Å². The lowest BCUT2D eigenvalue weighted by molar-refractivity contribution is 0.250. The van der Waals surface area contributed by atoms with Crippen molar-refractivity contribution in [1.29, 1.82) is 0 Å². The van der Waals surface area contributed by atoms with E-state index in [2.05, 4.69) is 0 Å². The molecular weight excluding hydrogens is 268 g/mol. The molecule has 0 aliphatic carbocycles. The fourth-order valence-electron chi connectivity index (χ4n) is 0.995. The van der Waals surface area contributed by atoms with Crippen molar-refractivity contribution in [3.05, 3.63) is 29.8 Å². The van der Waals surface area contributed by atoms with Gasteiger partial charge < -0.3 is 4.55 Å². The third kappa shape index (κ3) is 4.13. The summed E-state index contributed by atoms with van der Waals surface area (Å²) in [7, 11) is -4.06. The van der Waals surface area contributed by atoms with Crippen LogP contribution < -0.4 is 9.44 Å². The van der Waals surface area contributed by atoms with Gasteiger partial charge in [-0.1, -0.05) is 17.7 Å². The lowest BCUT2D eigenvalue weighted by Gasteiger charge is -2.09. The molecule has 17 heavy (non-hydrogen) atoms. The average Bonchev–Trinajstić information content (AvgIpc) is 2.15. The molecule has 94 valence electrons. The number of carbonyl (C=O) groups excluding carboxylic acids is 1. The smallest absolute Gasteiger partial charge is 0.339 e. The fourth-order valence-corrected chi connectivity index (χ4v) is 2.17. The van der Waals surface area contributed by atoms with Gasteiger partial charge in [-0.15, -0.1) is 0 Å². The molecule has 1 rings (SSSR count). The van der Waals surface area contributed by atoms with Crippen molar-refractivity contribution in [1.82, 2.24) is 9.44 Å². The van der Waals surface area contributed by atoms with E-state index in [9.17, 15) is 22.0 Å². The molecule has 0 fully saturated rings. The number of urea groups is 1. The van der Waals surface area contributed by atoms with Crippen LogP contribution in [0.15, 0.2) is 29.2 Å². The third-order valence-corrected chi connectivity index (χ3v) is 3.43. The van der Waals surface area contributed by atoms with Gasteiger partial charge >= 0.3 is 6.03 Å². The van der Waals surface area contributed by atoms with Crippen molar-refractivity contribution >= 4 is 27.3 Å². The first-order chi connectivity index (χ1) is 7.81. The molecule has 2 amide bonds. The van der Waals surface area contributed by atoms with Crippen LogP contribution in [0.5, 0.6) is 0 Å². The van der Waals surface area contributed by atoms with E-state index in [4.69, 9.17) is 0 Å². The van der Waals surface area contributed by atoms with Crippen molar-refractivity contribution in [2.75, 3.05) is 0 Å². The van der Waals surface area contributed by atoms with Crippen LogP contribution >= 0.6 is 0 Å². The summed E-state index contributed by atoms with van der Waals surface area (Å²) in [5, 5.41) is 0. The molecule has 0 aliphatic rings. The van der Waals surface area contributed by atoms with E-state index >= 15 is 0 Å². The van der Waals surface area contributed by atoms with E-state index in [0.29, 0.717) is 0 Å². The van der Waals surface area contributed by atoms with Gasteiger partial charge in [0.05, 0.1) is 4.90 Å². The van der Waals surface area contributed by atoms with Crippen LogP contribution in [0.1, 0.15) is 5.56 Å². The maximum absolute atomic E-state index is 11.6. The highest BCUT2D eigenvalue weighted by Crippen LogP contribution is 2.09. The zero-order valence-corrected chi connectivity index (χ0v) is 10.3. The maximum Gasteiger partial charge on any atom is 0.339 e. The molecule has 1 atom stereocenters. The van der Waals surface area contributed by atoms with Crippen molar-refractivity contribution in [2.24, 2.45) is 0 Å². The van der Waals surface area contributed by atoms with Crippen LogP contribution in [0.3, 0.4) is 0 Å². The second kappa shape index (κ2) is 5.25. The second-order valence-corrected chi connectivity index (χ2v) is 5.44. The number of carbonyl (C=O) groups is 1. The van der Waals surface area contributed by atoms with Gasteiger partial charge in [-0.2, -0.15) is 0 Å². The van der Waals surface area contributed by atoms with Crippen molar-refractivity contribution in [3.63, 3.8) is 0 Å². The van der Waals surface area contributed by atoms with Crippen molar-refractivity contribution in [3.8, 4) is 0 Å². The Morgan fingerprint density at radius 1 is 1.29 bits per heavy atom. The summed E-state index contributed by atoms with van der Waals surface area (Å²) >= 11 is -2.87. The Balaban J connectivity index is 2.86. The molecular formula is C8H9N2O5S2-. The normalized spacial score (nSPS) is 12.8. The predicted octanol–water partition coefficient (Wildman–Crippen LogP) is -0.223. The highest BCUT2D eigenvalue weighted by molar-refractivity contribution is 7.90. The first-order valence-corrected chi connectivity index (χ1v) is 6.86. The summed E-state index contributed by atoms with van der Waals surface area (Å²) in [6, 6.07) is 4.38. The molecule has 0 saturated carbocycles. The molecule has 1 aromatic rings. The number of hydrogen-bond donors (Lipinski definition) is 2. The Kier molecular flexibility index (Phi) is 4.21. The van der Waals surface area contributed by atoms with Crippen LogP contribution in [0.2, 0.25) is 0 Å². The van der Waals surface area contributed by atoms with Gasteiger partial charge in [0.2, 0.25) is 0 Å². The Hall–Kier alpha value is -1.45. The number of rotatable bonds is 3. The SMILES string of the molecule is Cc1ccc(S(=O)(=O)NC(=O)NS(=O)[O-])cc1. The van der Waals surface area contributed by atoms with E-state index in [-0.39, 0.29) is 4.90 Å². The fraction of sp³-hybridized carbons (Fsp3) is 0.125. The topological polar surface area (TPSA) is 115 Å². The zero-order chi connectivity index (χ0) is 13.1. The van der Waals surface area contributed by atoms with Gasteiger partial charge in [-0.25, -0.2) is 17.9 Å². The van der Waals surface area contributed by atoms with Crippen LogP contribution in [0.25, 0.3) is 0 Å². The molecule has 0 radical (unpaired) electrons. The zero-order valence-electron chi connectivity index (χ0n) is 8.67. The van der Waals surface area contributed by atoms with E-state index < -0.39 is 27.3 Å². The summed E-state index contributed by atoms with van der Waals surface area (Å²) in [5.41, 5.74) is 0.856. The average molecular weight is 277 g/mol. The largest absolute Gasteiger partial charge is 0.755 e. The van der Waals surface area contributed by atoms with Gasteiger partial charge in [-0.05, 0) is 19.1 Å². The minimum Gasteiger partial charge on any atom is -0.755 e. The number of sulfonamides is 1. The quantitative estimate of drug-likeness (QED) is 0.741. The van der Waals surface area contributed by atoms with Crippen molar-refractivity contribution in [2.45, 2.75) is 11.8 Å². The second-order valence-electron chi connectivity index (χ2n) is 3.08. The third-order valence-electron chi connectivity index (χ3n) is 1.73. The highest BCUT2D eigenvalue weighted by Gasteiger charge is 2.16. The maximum atomic E-state index is 11.6. The predicted molar refractivity (Wildman–Crippen MR) is 59.0 cm³/mol. The van der Waals surface area contributed by atoms with Crippen LogP contribution in [0, 0.1) is 6.92 Å². The highest BCUT2D eigenvalue weighted by atomic mass is 32.2. The summed E-state index contributed by atoms with van der Waals surface area (Å²) in [4.78, 5) is 10.8. The van der Waals surface area contributed by atoms with Gasteiger partial charge in [0.15, 0.2) is 0 Å². The Morgan fingerprint density at radius 3 is 2.29 bits per heavy atom. The van der Waals surface area contributed by atoms with E-state index in [0.717, 1.165) is 5.56 Å². The Morgan fingerprint density at radius 2 is 1.82 bits per heavy atom. The molecule has 0 heterocycles. The van der Waals surface area contributed by atoms with E-state index in [1.54, 1.807) is 23.8 Å². The lowest BCUT2D eigenvalue weighted by Crippen LogP contribution is -2.40. The summed E-state index contributed by atoms with van der Waals surface area (Å²) in [6.07, 6.45) is 0. The molecule has 9 heteroatoms. The van der Waals surface area contributed by atoms with Gasteiger partial charge in [0.25, 0.3) is 10.0 Å². The Labute approximate surface area is 101 Å². The summed E-state index contributed by atoms with van der Waals surface area (Å²) in [5.74, 6) is 0. The van der Waals surface area contributed by atoms with Crippen LogP contribution in [-0.4, -0.2) is 23.2 Å². The molecule has 1 unspecified atom stereocenters. The van der Waals surface area contributed by atoms with Crippen LogP contribution in [-0.2, 0) is 21.3 Å². The molecule has 0 saturated heterocycles.